The summed E-state index contributed by atoms with van der Waals surface area (Å²) in [5, 5.41) is 3.68. The lowest BCUT2D eigenvalue weighted by molar-refractivity contribution is 0.566. The summed E-state index contributed by atoms with van der Waals surface area (Å²) in [5.41, 5.74) is 0.702. The van der Waals surface area contributed by atoms with Crippen LogP contribution in [0.1, 0.15) is 33.6 Å². The number of nitrogens with zero attached hydrogens (tertiary/aromatic N) is 2. The highest BCUT2D eigenvalue weighted by Gasteiger charge is 2.31. The smallest absolute Gasteiger partial charge is 0.0968 e. The van der Waals surface area contributed by atoms with Gasteiger partial charge in [-0.15, -0.1) is 0 Å². The van der Waals surface area contributed by atoms with Crippen LogP contribution < -0.4 is 5.09 Å². The van der Waals surface area contributed by atoms with Crippen molar-refractivity contribution in [3.8, 4) is 0 Å². The molecule has 0 aromatic heterocycles. The summed E-state index contributed by atoms with van der Waals surface area (Å²) in [6, 6.07) is 0.429. The molecule has 1 heterocycles. The van der Waals surface area contributed by atoms with Crippen molar-refractivity contribution in [1.29, 1.82) is 0 Å². The Morgan fingerprint density at radius 1 is 1.43 bits per heavy atom. The molecule has 0 saturated carbocycles. The van der Waals surface area contributed by atoms with Crippen LogP contribution >= 0.6 is 7.36 Å². The van der Waals surface area contributed by atoms with Crippen molar-refractivity contribution in [2.24, 2.45) is 4.74 Å². The van der Waals surface area contributed by atoms with E-state index in [0.717, 1.165) is 6.54 Å². The zero-order chi connectivity index (χ0) is 10.8. The normalized spacial score (nSPS) is 33.8. The quantitative estimate of drug-likeness (QED) is 0.720. The lowest BCUT2D eigenvalue weighted by atomic mass is 10.2. The first-order valence-corrected chi connectivity index (χ1v) is 7.29. The van der Waals surface area contributed by atoms with Crippen molar-refractivity contribution in [2.45, 2.75) is 45.3 Å². The van der Waals surface area contributed by atoms with Gasteiger partial charge in [0, 0.05) is 18.2 Å². The van der Waals surface area contributed by atoms with E-state index in [4.69, 9.17) is 4.74 Å². The molecule has 0 spiro atoms. The Hall–Kier alpha value is 0.150. The molecule has 1 rings (SSSR count). The first-order chi connectivity index (χ1) is 6.49. The lowest BCUT2D eigenvalue weighted by Crippen LogP contribution is -2.34. The molecule has 0 amide bonds. The van der Waals surface area contributed by atoms with E-state index >= 15 is 0 Å². The number of nitrogens with one attached hydrogen (secondary N) is 1. The van der Waals surface area contributed by atoms with Gasteiger partial charge in [-0.25, -0.2) is 0 Å². The van der Waals surface area contributed by atoms with E-state index < -0.39 is 7.36 Å². The first-order valence-electron chi connectivity index (χ1n) is 5.53. The van der Waals surface area contributed by atoms with Crippen LogP contribution in [0.25, 0.3) is 0 Å². The van der Waals surface area contributed by atoms with Gasteiger partial charge in [0.15, 0.2) is 0 Å². The van der Waals surface area contributed by atoms with Crippen molar-refractivity contribution < 1.29 is 0 Å². The molecule has 1 aliphatic heterocycles. The fourth-order valence-electron chi connectivity index (χ4n) is 2.12. The van der Waals surface area contributed by atoms with Crippen molar-refractivity contribution in [3.63, 3.8) is 0 Å². The SMILES string of the molecule is CC(C)N=P1(N(C)C)NCCCC1C. The van der Waals surface area contributed by atoms with Crippen LogP contribution in [-0.2, 0) is 0 Å². The molecule has 0 radical (unpaired) electrons. The average molecular weight is 217 g/mol. The molecule has 1 N–H and O–H groups in total. The minimum atomic E-state index is -1.40. The standard InChI is InChI=1S/C10H24N3P/c1-9(2)12-14(13(4)5)10(3)7-6-8-11-14/h9-11H,6-8H2,1-5H3. The average Bonchev–Trinajstić information content (AvgIpc) is 2.08. The molecule has 1 saturated heterocycles. The highest BCUT2D eigenvalue weighted by atomic mass is 31.2. The molecule has 0 aliphatic carbocycles. The summed E-state index contributed by atoms with van der Waals surface area (Å²) < 4.78 is 7.30. The predicted octanol–water partition coefficient (Wildman–Crippen LogP) is 2.76. The molecule has 2 atom stereocenters. The Bertz CT molecular complexity index is 236. The number of hydrogen-bond donors (Lipinski definition) is 1. The van der Waals surface area contributed by atoms with E-state index in [1.165, 1.54) is 12.8 Å². The Labute approximate surface area is 88.4 Å². The number of rotatable bonds is 2. The summed E-state index contributed by atoms with van der Waals surface area (Å²) in [6.45, 7) is 7.82. The fourth-order valence-corrected chi connectivity index (χ4v) is 5.76. The molecule has 84 valence electrons. The van der Waals surface area contributed by atoms with E-state index in [1.807, 2.05) is 0 Å². The molecule has 14 heavy (non-hydrogen) atoms. The number of hydrogen-bond acceptors (Lipinski definition) is 1. The van der Waals surface area contributed by atoms with Gasteiger partial charge in [-0.05, 0) is 40.8 Å². The molecule has 2 unspecified atom stereocenters. The molecular weight excluding hydrogens is 193 g/mol. The molecule has 0 aromatic carbocycles. The van der Waals surface area contributed by atoms with E-state index in [2.05, 4.69) is 44.6 Å². The molecule has 1 aliphatic rings. The summed E-state index contributed by atoms with van der Waals surface area (Å²) >= 11 is 0. The minimum Gasteiger partial charge on any atom is -0.271 e. The van der Waals surface area contributed by atoms with Crippen LogP contribution in [0.4, 0.5) is 0 Å². The maximum absolute atomic E-state index is 4.97. The monoisotopic (exact) mass is 217 g/mol. The van der Waals surface area contributed by atoms with Crippen LogP contribution in [-0.4, -0.2) is 37.0 Å². The molecular formula is C10H24N3P. The Balaban J connectivity index is 3.01. The molecule has 4 heteroatoms. The largest absolute Gasteiger partial charge is 0.271 e. The van der Waals surface area contributed by atoms with E-state index in [9.17, 15) is 0 Å². The van der Waals surface area contributed by atoms with Gasteiger partial charge in [0.2, 0.25) is 0 Å². The third-order valence-electron chi connectivity index (χ3n) is 2.77. The Morgan fingerprint density at radius 3 is 2.50 bits per heavy atom. The van der Waals surface area contributed by atoms with Gasteiger partial charge in [0.25, 0.3) is 0 Å². The van der Waals surface area contributed by atoms with Crippen LogP contribution in [0.15, 0.2) is 4.74 Å². The summed E-state index contributed by atoms with van der Waals surface area (Å²) in [7, 11) is 2.92. The zero-order valence-electron chi connectivity index (χ0n) is 10.1. The van der Waals surface area contributed by atoms with Crippen molar-refractivity contribution in [2.75, 3.05) is 20.6 Å². The second kappa shape index (κ2) is 4.78. The highest BCUT2D eigenvalue weighted by Crippen LogP contribution is 2.55. The Morgan fingerprint density at radius 2 is 2.07 bits per heavy atom. The third kappa shape index (κ3) is 2.39. The topological polar surface area (TPSA) is 27.6 Å². The van der Waals surface area contributed by atoms with Gasteiger partial charge in [-0.3, -0.25) is 14.5 Å². The first kappa shape index (κ1) is 12.2. The van der Waals surface area contributed by atoms with Gasteiger partial charge in [-0.1, -0.05) is 6.92 Å². The van der Waals surface area contributed by atoms with Gasteiger partial charge < -0.3 is 0 Å². The predicted molar refractivity (Wildman–Crippen MR) is 64.9 cm³/mol. The van der Waals surface area contributed by atoms with Crippen LogP contribution in [0.3, 0.4) is 0 Å². The van der Waals surface area contributed by atoms with Crippen molar-refractivity contribution in [3.05, 3.63) is 0 Å². The van der Waals surface area contributed by atoms with Gasteiger partial charge in [0.1, 0.15) is 0 Å². The summed E-state index contributed by atoms with van der Waals surface area (Å²) in [4.78, 5) is 0. The van der Waals surface area contributed by atoms with Crippen molar-refractivity contribution >= 4 is 7.36 Å². The minimum absolute atomic E-state index is 0.429. The summed E-state index contributed by atoms with van der Waals surface area (Å²) in [6.07, 6.45) is 2.61. The molecule has 0 bridgehead atoms. The van der Waals surface area contributed by atoms with Crippen molar-refractivity contribution in [1.82, 2.24) is 9.76 Å². The summed E-state index contributed by atoms with van der Waals surface area (Å²) in [5.74, 6) is 0. The maximum Gasteiger partial charge on any atom is 0.0968 e. The molecule has 3 nitrogen and oxygen atoms in total. The zero-order valence-corrected chi connectivity index (χ0v) is 11.0. The third-order valence-corrected chi connectivity index (χ3v) is 6.98. The van der Waals surface area contributed by atoms with Crippen LogP contribution in [0.5, 0.6) is 0 Å². The Kier molecular flexibility index (Phi) is 4.17. The molecule has 1 fully saturated rings. The molecule has 0 aromatic rings. The highest BCUT2D eigenvalue weighted by molar-refractivity contribution is 7.62. The van der Waals surface area contributed by atoms with E-state index in [1.54, 1.807) is 0 Å². The van der Waals surface area contributed by atoms with Crippen LogP contribution in [0, 0.1) is 0 Å². The lowest BCUT2D eigenvalue weighted by Gasteiger charge is -2.41. The maximum atomic E-state index is 4.97. The second-order valence-corrected chi connectivity index (χ2v) is 8.13. The van der Waals surface area contributed by atoms with E-state index in [0.29, 0.717) is 11.7 Å². The van der Waals surface area contributed by atoms with Gasteiger partial charge in [-0.2, -0.15) is 0 Å². The van der Waals surface area contributed by atoms with Gasteiger partial charge in [0.05, 0.1) is 7.36 Å². The second-order valence-electron chi connectivity index (χ2n) is 4.61. The van der Waals surface area contributed by atoms with Gasteiger partial charge >= 0.3 is 0 Å². The van der Waals surface area contributed by atoms with E-state index in [-0.39, 0.29) is 0 Å². The van der Waals surface area contributed by atoms with Crippen LogP contribution in [0.2, 0.25) is 0 Å². The fraction of sp³-hybridized carbons (Fsp3) is 1.00.